The SMILES string of the molecule is CCN(Cc1nc2cc(Cl)ccc2c(=O)[nH]1)C(=O)C1CCCN(C(=O)c2ccc(C)cc2)C1. The molecule has 0 saturated carbocycles. The molecule has 1 unspecified atom stereocenters. The summed E-state index contributed by atoms with van der Waals surface area (Å²) in [7, 11) is 0. The number of aromatic amines is 1. The summed E-state index contributed by atoms with van der Waals surface area (Å²) >= 11 is 6.05. The number of benzene rings is 2. The highest BCUT2D eigenvalue weighted by Crippen LogP contribution is 2.22. The fourth-order valence-corrected chi connectivity index (χ4v) is 4.43. The Labute approximate surface area is 197 Å². The van der Waals surface area contributed by atoms with Crippen LogP contribution >= 0.6 is 11.6 Å². The lowest BCUT2D eigenvalue weighted by Crippen LogP contribution is -2.46. The number of rotatable bonds is 5. The van der Waals surface area contributed by atoms with Crippen molar-refractivity contribution in [3.8, 4) is 0 Å². The molecule has 1 N–H and O–H groups in total. The molecular formula is C25H27ClN4O3. The van der Waals surface area contributed by atoms with E-state index in [0.717, 1.165) is 18.4 Å². The van der Waals surface area contributed by atoms with Gasteiger partial charge in [-0.1, -0.05) is 29.3 Å². The quantitative estimate of drug-likeness (QED) is 0.619. The number of aryl methyl sites for hydroxylation is 1. The summed E-state index contributed by atoms with van der Waals surface area (Å²) in [6.45, 7) is 5.57. The molecule has 2 amide bonds. The number of hydrogen-bond acceptors (Lipinski definition) is 4. The van der Waals surface area contributed by atoms with Gasteiger partial charge in [-0.2, -0.15) is 0 Å². The summed E-state index contributed by atoms with van der Waals surface area (Å²) in [6.07, 6.45) is 1.50. The summed E-state index contributed by atoms with van der Waals surface area (Å²) in [5, 5.41) is 0.950. The van der Waals surface area contributed by atoms with Gasteiger partial charge < -0.3 is 14.8 Å². The lowest BCUT2D eigenvalue weighted by atomic mass is 9.95. The molecule has 1 fully saturated rings. The van der Waals surface area contributed by atoms with E-state index in [9.17, 15) is 14.4 Å². The number of aromatic nitrogens is 2. The Balaban J connectivity index is 1.49. The lowest BCUT2D eigenvalue weighted by Gasteiger charge is -2.34. The van der Waals surface area contributed by atoms with Crippen LogP contribution in [-0.4, -0.2) is 51.2 Å². The minimum absolute atomic E-state index is 0.0345. The number of amides is 2. The first-order chi connectivity index (χ1) is 15.9. The average molecular weight is 467 g/mol. The predicted octanol–water partition coefficient (Wildman–Crippen LogP) is 3.79. The van der Waals surface area contributed by atoms with E-state index in [-0.39, 0.29) is 29.8 Å². The van der Waals surface area contributed by atoms with Crippen LogP contribution in [0.1, 0.15) is 41.5 Å². The van der Waals surface area contributed by atoms with Crippen molar-refractivity contribution in [2.45, 2.75) is 33.2 Å². The van der Waals surface area contributed by atoms with E-state index in [0.29, 0.717) is 46.9 Å². The third kappa shape index (κ3) is 5.09. The zero-order chi connectivity index (χ0) is 23.5. The van der Waals surface area contributed by atoms with Crippen molar-refractivity contribution >= 4 is 34.3 Å². The van der Waals surface area contributed by atoms with Gasteiger partial charge in [0.25, 0.3) is 11.5 Å². The minimum atomic E-state index is -0.283. The lowest BCUT2D eigenvalue weighted by molar-refractivity contribution is -0.137. The van der Waals surface area contributed by atoms with Gasteiger partial charge in [0, 0.05) is 30.2 Å². The van der Waals surface area contributed by atoms with Gasteiger partial charge in [-0.15, -0.1) is 0 Å². The Bertz CT molecular complexity index is 1240. The molecule has 7 nitrogen and oxygen atoms in total. The minimum Gasteiger partial charge on any atom is -0.338 e. The van der Waals surface area contributed by atoms with Crippen molar-refractivity contribution in [3.05, 3.63) is 74.8 Å². The fraction of sp³-hybridized carbons (Fsp3) is 0.360. The molecule has 3 aromatic rings. The van der Waals surface area contributed by atoms with Crippen LogP contribution in [0.2, 0.25) is 5.02 Å². The molecule has 1 aromatic heterocycles. The molecule has 1 aliphatic heterocycles. The van der Waals surface area contributed by atoms with Gasteiger partial charge in [0.2, 0.25) is 5.91 Å². The highest BCUT2D eigenvalue weighted by atomic mass is 35.5. The molecule has 0 radical (unpaired) electrons. The summed E-state index contributed by atoms with van der Waals surface area (Å²) < 4.78 is 0. The Morgan fingerprint density at radius 1 is 1.21 bits per heavy atom. The molecule has 2 heterocycles. The first-order valence-corrected chi connectivity index (χ1v) is 11.6. The van der Waals surface area contributed by atoms with Crippen LogP contribution in [-0.2, 0) is 11.3 Å². The van der Waals surface area contributed by atoms with Gasteiger partial charge in [-0.05, 0) is 57.0 Å². The monoisotopic (exact) mass is 466 g/mol. The fourth-order valence-electron chi connectivity index (χ4n) is 4.26. The summed E-state index contributed by atoms with van der Waals surface area (Å²) in [5.41, 5.74) is 1.97. The van der Waals surface area contributed by atoms with Gasteiger partial charge in [0.05, 0.1) is 23.4 Å². The van der Waals surface area contributed by atoms with Gasteiger partial charge >= 0.3 is 0 Å². The highest BCUT2D eigenvalue weighted by molar-refractivity contribution is 6.31. The molecule has 8 heteroatoms. The second-order valence-corrected chi connectivity index (χ2v) is 8.92. The number of likely N-dealkylation sites (tertiary alicyclic amines) is 1. The van der Waals surface area contributed by atoms with E-state index < -0.39 is 0 Å². The normalized spacial score (nSPS) is 16.1. The molecule has 1 atom stereocenters. The predicted molar refractivity (Wildman–Crippen MR) is 128 cm³/mol. The molecule has 172 valence electrons. The molecule has 1 saturated heterocycles. The molecule has 0 bridgehead atoms. The largest absolute Gasteiger partial charge is 0.338 e. The van der Waals surface area contributed by atoms with E-state index in [1.807, 2.05) is 38.1 Å². The highest BCUT2D eigenvalue weighted by Gasteiger charge is 2.31. The number of carbonyl (C=O) groups is 2. The molecule has 33 heavy (non-hydrogen) atoms. The number of carbonyl (C=O) groups excluding carboxylic acids is 2. The van der Waals surface area contributed by atoms with Crippen molar-refractivity contribution in [3.63, 3.8) is 0 Å². The first kappa shape index (κ1) is 23.0. The van der Waals surface area contributed by atoms with E-state index in [2.05, 4.69) is 9.97 Å². The van der Waals surface area contributed by atoms with Crippen molar-refractivity contribution in [2.24, 2.45) is 5.92 Å². The molecule has 0 aliphatic carbocycles. The van der Waals surface area contributed by atoms with Crippen LogP contribution in [0.15, 0.2) is 47.3 Å². The summed E-state index contributed by atoms with van der Waals surface area (Å²) in [5.74, 6) is 0.0452. The van der Waals surface area contributed by atoms with Gasteiger partial charge in [-0.25, -0.2) is 4.98 Å². The van der Waals surface area contributed by atoms with Crippen LogP contribution in [0.3, 0.4) is 0 Å². The number of nitrogens with zero attached hydrogens (tertiary/aromatic N) is 3. The number of H-pyrrole nitrogens is 1. The van der Waals surface area contributed by atoms with E-state index in [4.69, 9.17) is 11.6 Å². The Morgan fingerprint density at radius 3 is 2.70 bits per heavy atom. The number of nitrogens with one attached hydrogen (secondary N) is 1. The van der Waals surface area contributed by atoms with E-state index in [1.54, 1.807) is 28.0 Å². The Hall–Kier alpha value is -3.19. The molecule has 4 rings (SSSR count). The van der Waals surface area contributed by atoms with Gasteiger partial charge in [0.15, 0.2) is 0 Å². The zero-order valence-electron chi connectivity index (χ0n) is 18.8. The van der Waals surface area contributed by atoms with Crippen molar-refractivity contribution in [1.29, 1.82) is 0 Å². The molecular weight excluding hydrogens is 440 g/mol. The smallest absolute Gasteiger partial charge is 0.258 e. The van der Waals surface area contributed by atoms with Crippen LogP contribution in [0.25, 0.3) is 10.9 Å². The summed E-state index contributed by atoms with van der Waals surface area (Å²) in [6, 6.07) is 12.4. The Morgan fingerprint density at radius 2 is 1.97 bits per heavy atom. The first-order valence-electron chi connectivity index (χ1n) is 11.2. The van der Waals surface area contributed by atoms with Crippen LogP contribution in [0.4, 0.5) is 0 Å². The van der Waals surface area contributed by atoms with Gasteiger partial charge in [0.1, 0.15) is 5.82 Å². The molecule has 1 aliphatic rings. The zero-order valence-corrected chi connectivity index (χ0v) is 19.6. The third-order valence-corrected chi connectivity index (χ3v) is 6.34. The van der Waals surface area contributed by atoms with Crippen LogP contribution < -0.4 is 5.56 Å². The van der Waals surface area contributed by atoms with Crippen molar-refractivity contribution < 1.29 is 9.59 Å². The maximum Gasteiger partial charge on any atom is 0.258 e. The standard InChI is InChI=1S/C25H27ClN4O3/c1-3-29(15-22-27-21-13-19(26)10-11-20(21)23(31)28-22)25(33)18-5-4-12-30(14-18)24(32)17-8-6-16(2)7-9-17/h6-11,13,18H,3-5,12,14-15H2,1-2H3,(H,27,28,31). The maximum atomic E-state index is 13.3. The molecule has 2 aromatic carbocycles. The average Bonchev–Trinajstić information content (AvgIpc) is 2.82. The second-order valence-electron chi connectivity index (χ2n) is 8.48. The number of piperidine rings is 1. The Kier molecular flexibility index (Phi) is 6.79. The second kappa shape index (κ2) is 9.75. The number of halogens is 1. The number of hydrogen-bond donors (Lipinski definition) is 1. The maximum absolute atomic E-state index is 13.3. The van der Waals surface area contributed by atoms with Crippen molar-refractivity contribution in [1.82, 2.24) is 19.8 Å². The van der Waals surface area contributed by atoms with Crippen LogP contribution in [0, 0.1) is 12.8 Å². The van der Waals surface area contributed by atoms with Crippen molar-refractivity contribution in [2.75, 3.05) is 19.6 Å². The summed E-state index contributed by atoms with van der Waals surface area (Å²) in [4.78, 5) is 49.4. The topological polar surface area (TPSA) is 86.4 Å². The third-order valence-electron chi connectivity index (χ3n) is 6.11. The van der Waals surface area contributed by atoms with E-state index >= 15 is 0 Å². The van der Waals surface area contributed by atoms with Gasteiger partial charge in [-0.3, -0.25) is 14.4 Å². The van der Waals surface area contributed by atoms with Crippen LogP contribution in [0.5, 0.6) is 0 Å². The molecule has 0 spiro atoms. The van der Waals surface area contributed by atoms with E-state index in [1.165, 1.54) is 0 Å². The number of fused-ring (bicyclic) bond motifs is 1.